The van der Waals surface area contributed by atoms with Crippen molar-refractivity contribution in [2.24, 2.45) is 4.99 Å². The van der Waals surface area contributed by atoms with Gasteiger partial charge in [-0.05, 0) is 36.8 Å². The van der Waals surface area contributed by atoms with E-state index < -0.39 is 23.7 Å². The van der Waals surface area contributed by atoms with Gasteiger partial charge in [0, 0.05) is 10.6 Å². The van der Waals surface area contributed by atoms with Crippen molar-refractivity contribution in [2.75, 3.05) is 0 Å². The van der Waals surface area contributed by atoms with Crippen molar-refractivity contribution in [1.29, 1.82) is 0 Å². The SMILES string of the molecule is CCC(C(=O)O)n1c(=NC(=O)c2cccc(Cl)c2)sc2c(F)c(Cl)ccc21. The molecule has 5 nitrogen and oxygen atoms in total. The lowest BCUT2D eigenvalue weighted by atomic mass is 10.2. The van der Waals surface area contributed by atoms with E-state index >= 15 is 0 Å². The quantitative estimate of drug-likeness (QED) is 0.642. The molecule has 0 spiro atoms. The molecule has 3 rings (SSSR count). The average molecular weight is 427 g/mol. The van der Waals surface area contributed by atoms with Crippen LogP contribution in [0.15, 0.2) is 41.4 Å². The van der Waals surface area contributed by atoms with E-state index in [1.54, 1.807) is 25.1 Å². The Morgan fingerprint density at radius 3 is 2.67 bits per heavy atom. The van der Waals surface area contributed by atoms with Gasteiger partial charge < -0.3 is 9.67 Å². The number of hydrogen-bond donors (Lipinski definition) is 1. The first-order valence-corrected chi connectivity index (χ1v) is 9.47. The second-order valence-corrected chi connectivity index (χ2v) is 7.48. The minimum atomic E-state index is -1.11. The summed E-state index contributed by atoms with van der Waals surface area (Å²) in [7, 11) is 0. The molecule has 1 aromatic heterocycles. The summed E-state index contributed by atoms with van der Waals surface area (Å²) < 4.78 is 15.9. The van der Waals surface area contributed by atoms with Gasteiger partial charge in [-0.15, -0.1) is 0 Å². The van der Waals surface area contributed by atoms with Gasteiger partial charge in [-0.2, -0.15) is 4.99 Å². The van der Waals surface area contributed by atoms with Crippen LogP contribution in [-0.2, 0) is 4.79 Å². The zero-order valence-electron chi connectivity index (χ0n) is 13.9. The number of amides is 1. The molecular formula is C18H13Cl2FN2O3S. The van der Waals surface area contributed by atoms with Crippen LogP contribution in [0.4, 0.5) is 4.39 Å². The predicted molar refractivity (Wildman–Crippen MR) is 103 cm³/mol. The van der Waals surface area contributed by atoms with Crippen LogP contribution in [0.1, 0.15) is 29.7 Å². The third-order valence-corrected chi connectivity index (χ3v) is 5.53. The summed E-state index contributed by atoms with van der Waals surface area (Å²) in [5, 5.41) is 9.84. The van der Waals surface area contributed by atoms with E-state index in [4.69, 9.17) is 23.2 Å². The van der Waals surface area contributed by atoms with Crippen molar-refractivity contribution in [3.05, 3.63) is 62.6 Å². The number of halogens is 3. The summed E-state index contributed by atoms with van der Waals surface area (Å²) >= 11 is 12.6. The van der Waals surface area contributed by atoms with Gasteiger partial charge in [0.2, 0.25) is 0 Å². The highest BCUT2D eigenvalue weighted by Crippen LogP contribution is 2.29. The fourth-order valence-electron chi connectivity index (χ4n) is 2.67. The molecule has 1 atom stereocenters. The predicted octanol–water partition coefficient (Wildman–Crippen LogP) is 4.93. The fourth-order valence-corrected chi connectivity index (χ4v) is 4.18. The van der Waals surface area contributed by atoms with Crippen LogP contribution in [0, 0.1) is 5.82 Å². The Bertz CT molecular complexity index is 1120. The number of aromatic nitrogens is 1. The summed E-state index contributed by atoms with van der Waals surface area (Å²) in [5.41, 5.74) is 0.558. The van der Waals surface area contributed by atoms with Gasteiger partial charge in [0.25, 0.3) is 5.91 Å². The summed E-state index contributed by atoms with van der Waals surface area (Å²) in [6, 6.07) is 8.08. The molecule has 1 N–H and O–H groups in total. The van der Waals surface area contributed by atoms with E-state index in [9.17, 15) is 19.1 Å². The van der Waals surface area contributed by atoms with E-state index in [-0.39, 0.29) is 26.5 Å². The molecule has 0 saturated heterocycles. The van der Waals surface area contributed by atoms with Gasteiger partial charge in [-0.1, -0.05) is 47.5 Å². The summed E-state index contributed by atoms with van der Waals surface area (Å²) in [4.78, 5) is 28.3. The van der Waals surface area contributed by atoms with Crippen molar-refractivity contribution >= 4 is 56.6 Å². The van der Waals surface area contributed by atoms with Crippen molar-refractivity contribution in [3.63, 3.8) is 0 Å². The maximum Gasteiger partial charge on any atom is 0.326 e. The lowest BCUT2D eigenvalue weighted by Gasteiger charge is -2.13. The van der Waals surface area contributed by atoms with Gasteiger partial charge in [-0.25, -0.2) is 9.18 Å². The molecule has 0 aliphatic carbocycles. The fraction of sp³-hybridized carbons (Fsp3) is 0.167. The number of benzene rings is 2. The first-order valence-electron chi connectivity index (χ1n) is 7.90. The highest BCUT2D eigenvalue weighted by Gasteiger charge is 2.24. The second kappa shape index (κ2) is 7.80. The molecule has 0 saturated carbocycles. The molecule has 1 unspecified atom stereocenters. The molecule has 0 aliphatic heterocycles. The molecule has 0 aliphatic rings. The summed E-state index contributed by atoms with van der Waals surface area (Å²) in [6.45, 7) is 1.68. The highest BCUT2D eigenvalue weighted by molar-refractivity contribution is 7.16. The third-order valence-electron chi connectivity index (χ3n) is 3.94. The first kappa shape index (κ1) is 19.5. The molecule has 0 radical (unpaired) electrons. The third kappa shape index (κ3) is 3.76. The number of carbonyl (C=O) groups is 2. The Labute approximate surface area is 167 Å². The standard InChI is InChI=1S/C18H13Cl2FN2O3S/c1-2-12(17(25)26)23-13-7-6-11(20)14(21)15(13)27-18(23)22-16(24)9-4-3-5-10(19)8-9/h3-8,12H,2H2,1H3,(H,25,26). The van der Waals surface area contributed by atoms with Crippen molar-refractivity contribution < 1.29 is 19.1 Å². The van der Waals surface area contributed by atoms with E-state index in [0.29, 0.717) is 10.5 Å². The van der Waals surface area contributed by atoms with Crippen molar-refractivity contribution in [2.45, 2.75) is 19.4 Å². The van der Waals surface area contributed by atoms with Gasteiger partial charge in [0.15, 0.2) is 10.6 Å². The van der Waals surface area contributed by atoms with Gasteiger partial charge in [0.1, 0.15) is 6.04 Å². The monoisotopic (exact) mass is 426 g/mol. The lowest BCUT2D eigenvalue weighted by Crippen LogP contribution is -2.27. The molecule has 0 fully saturated rings. The molecule has 1 heterocycles. The van der Waals surface area contributed by atoms with Crippen molar-refractivity contribution in [3.8, 4) is 0 Å². The number of nitrogens with zero attached hydrogens (tertiary/aromatic N) is 2. The Kier molecular flexibility index (Phi) is 5.64. The number of thiazole rings is 1. The van der Waals surface area contributed by atoms with Gasteiger partial charge >= 0.3 is 5.97 Å². The minimum Gasteiger partial charge on any atom is -0.480 e. The van der Waals surface area contributed by atoms with E-state index in [2.05, 4.69) is 4.99 Å². The van der Waals surface area contributed by atoms with Crippen molar-refractivity contribution in [1.82, 2.24) is 4.57 Å². The van der Waals surface area contributed by atoms with Crippen LogP contribution in [-0.4, -0.2) is 21.6 Å². The molecule has 1 amide bonds. The molecule has 3 aromatic rings. The van der Waals surface area contributed by atoms with E-state index in [1.165, 1.54) is 22.8 Å². The molecule has 2 aromatic carbocycles. The molecular weight excluding hydrogens is 414 g/mol. The largest absolute Gasteiger partial charge is 0.480 e. The number of aliphatic carboxylic acids is 1. The maximum absolute atomic E-state index is 14.4. The lowest BCUT2D eigenvalue weighted by molar-refractivity contribution is -0.140. The van der Waals surface area contributed by atoms with Crippen LogP contribution < -0.4 is 4.80 Å². The topological polar surface area (TPSA) is 71.7 Å². The Morgan fingerprint density at radius 1 is 1.30 bits per heavy atom. The van der Waals surface area contributed by atoms with Crippen LogP contribution in [0.25, 0.3) is 10.2 Å². The number of carboxylic acids is 1. The molecule has 140 valence electrons. The highest BCUT2D eigenvalue weighted by atomic mass is 35.5. The van der Waals surface area contributed by atoms with Crippen LogP contribution >= 0.6 is 34.5 Å². The number of rotatable bonds is 4. The molecule has 9 heteroatoms. The van der Waals surface area contributed by atoms with Crippen LogP contribution in [0.2, 0.25) is 10.0 Å². The summed E-state index contributed by atoms with van der Waals surface area (Å²) in [5.74, 6) is -2.39. The number of hydrogen-bond acceptors (Lipinski definition) is 3. The zero-order valence-corrected chi connectivity index (χ0v) is 16.3. The number of fused-ring (bicyclic) bond motifs is 1. The second-order valence-electron chi connectivity index (χ2n) is 5.65. The number of carbonyl (C=O) groups excluding carboxylic acids is 1. The molecule has 0 bridgehead atoms. The Balaban J connectivity index is 2.29. The minimum absolute atomic E-state index is 0.0744. The normalized spacial score (nSPS) is 13.1. The Morgan fingerprint density at radius 2 is 2.04 bits per heavy atom. The van der Waals surface area contributed by atoms with Crippen LogP contribution in [0.5, 0.6) is 0 Å². The summed E-state index contributed by atoms with van der Waals surface area (Å²) in [6.07, 6.45) is 0.226. The first-order chi connectivity index (χ1) is 12.8. The van der Waals surface area contributed by atoms with E-state index in [0.717, 1.165) is 11.3 Å². The Hall–Kier alpha value is -2.22. The van der Waals surface area contributed by atoms with Gasteiger partial charge in [0.05, 0.1) is 15.2 Å². The smallest absolute Gasteiger partial charge is 0.326 e. The van der Waals surface area contributed by atoms with E-state index in [1.807, 2.05) is 0 Å². The maximum atomic E-state index is 14.4. The zero-order chi connectivity index (χ0) is 19.7. The van der Waals surface area contributed by atoms with Crippen LogP contribution in [0.3, 0.4) is 0 Å². The van der Waals surface area contributed by atoms with Gasteiger partial charge in [-0.3, -0.25) is 4.79 Å². The molecule has 27 heavy (non-hydrogen) atoms. The average Bonchev–Trinajstić information content (AvgIpc) is 2.97. The number of carboxylic acid groups (broad SMARTS) is 1.